The third-order valence-electron chi connectivity index (χ3n) is 5.17. The molecule has 5 rings (SSSR count). The molecule has 2 N–H and O–H groups in total. The molecule has 0 fully saturated rings. The van der Waals surface area contributed by atoms with Crippen LogP contribution in [0.4, 0.5) is 0 Å². The summed E-state index contributed by atoms with van der Waals surface area (Å²) >= 11 is 0. The van der Waals surface area contributed by atoms with Crippen LogP contribution in [0.2, 0.25) is 0 Å². The fourth-order valence-corrected chi connectivity index (χ4v) is 3.67. The molecule has 0 saturated carbocycles. The number of benzene rings is 2. The first-order chi connectivity index (χ1) is 14.6. The van der Waals surface area contributed by atoms with Crippen molar-refractivity contribution in [1.29, 1.82) is 0 Å². The summed E-state index contributed by atoms with van der Waals surface area (Å²) in [6.07, 6.45) is 1.63. The molecule has 9 nitrogen and oxygen atoms in total. The van der Waals surface area contributed by atoms with E-state index in [2.05, 4.69) is 15.8 Å². The van der Waals surface area contributed by atoms with Crippen LogP contribution in [0, 0.1) is 0 Å². The van der Waals surface area contributed by atoms with Gasteiger partial charge in [-0.2, -0.15) is 0 Å². The molecule has 0 aliphatic carbocycles. The Morgan fingerprint density at radius 3 is 2.43 bits per heavy atom. The van der Waals surface area contributed by atoms with Crippen LogP contribution in [0.25, 0.3) is 10.9 Å². The maximum atomic E-state index is 12.5. The van der Waals surface area contributed by atoms with Crippen molar-refractivity contribution in [2.75, 3.05) is 13.2 Å². The van der Waals surface area contributed by atoms with Gasteiger partial charge in [-0.15, -0.1) is 0 Å². The number of nitrogens with zero attached hydrogens (tertiary/aromatic N) is 2. The molecule has 2 aliphatic heterocycles. The molecule has 3 heterocycles. The van der Waals surface area contributed by atoms with E-state index in [9.17, 15) is 14.4 Å². The molecule has 0 bridgehead atoms. The minimum atomic E-state index is -0.509. The number of aryl methyl sites for hydroxylation is 1. The number of hydrogen-bond acceptors (Lipinski definition) is 6. The van der Waals surface area contributed by atoms with Gasteiger partial charge in [0.1, 0.15) is 19.0 Å². The van der Waals surface area contributed by atoms with Gasteiger partial charge < -0.3 is 9.47 Å². The van der Waals surface area contributed by atoms with Crippen molar-refractivity contribution in [2.24, 2.45) is 0 Å². The van der Waals surface area contributed by atoms with Crippen molar-refractivity contribution in [3.05, 3.63) is 63.7 Å². The molecule has 0 unspecified atom stereocenters. The predicted molar refractivity (Wildman–Crippen MR) is 107 cm³/mol. The molecule has 0 saturated heterocycles. The largest absolute Gasteiger partial charge is 0.486 e. The van der Waals surface area contributed by atoms with Gasteiger partial charge >= 0.3 is 0 Å². The van der Waals surface area contributed by atoms with Crippen molar-refractivity contribution in [3.63, 3.8) is 0 Å². The SMILES string of the molecule is O=C(NNC(=O)c1ccc2c(=O)n3c(nc2c1)CCC3)c1ccc2c(c1)OCCO2. The predicted octanol–water partition coefficient (Wildman–Crippen LogP) is 1.19. The number of hydrazine groups is 1. The van der Waals surface area contributed by atoms with Crippen LogP contribution in [-0.4, -0.2) is 34.6 Å². The highest BCUT2D eigenvalue weighted by atomic mass is 16.6. The zero-order valence-corrected chi connectivity index (χ0v) is 15.9. The Morgan fingerprint density at radius 2 is 1.63 bits per heavy atom. The van der Waals surface area contributed by atoms with Crippen LogP contribution in [-0.2, 0) is 13.0 Å². The van der Waals surface area contributed by atoms with Crippen molar-refractivity contribution in [1.82, 2.24) is 20.4 Å². The van der Waals surface area contributed by atoms with Gasteiger partial charge in [0.05, 0.1) is 10.9 Å². The molecule has 2 amide bonds. The number of nitrogens with one attached hydrogen (secondary N) is 2. The molecular weight excluding hydrogens is 388 g/mol. The van der Waals surface area contributed by atoms with Crippen LogP contribution in [0.5, 0.6) is 11.5 Å². The van der Waals surface area contributed by atoms with Gasteiger partial charge in [-0.25, -0.2) is 4.98 Å². The first-order valence-corrected chi connectivity index (χ1v) is 9.64. The highest BCUT2D eigenvalue weighted by molar-refractivity contribution is 6.01. The maximum absolute atomic E-state index is 12.5. The van der Waals surface area contributed by atoms with E-state index in [-0.39, 0.29) is 5.56 Å². The minimum Gasteiger partial charge on any atom is -0.486 e. The number of aromatic nitrogens is 2. The van der Waals surface area contributed by atoms with Gasteiger partial charge in [-0.05, 0) is 42.8 Å². The molecule has 152 valence electrons. The van der Waals surface area contributed by atoms with E-state index in [1.807, 2.05) is 0 Å². The number of amides is 2. The lowest BCUT2D eigenvalue weighted by atomic mass is 10.1. The highest BCUT2D eigenvalue weighted by Crippen LogP contribution is 2.30. The van der Waals surface area contributed by atoms with Crippen LogP contribution < -0.4 is 25.9 Å². The van der Waals surface area contributed by atoms with E-state index in [0.29, 0.717) is 53.3 Å². The molecule has 1 aromatic heterocycles. The molecule has 2 aliphatic rings. The first-order valence-electron chi connectivity index (χ1n) is 9.64. The Balaban J connectivity index is 1.32. The second kappa shape index (κ2) is 7.18. The highest BCUT2D eigenvalue weighted by Gasteiger charge is 2.18. The summed E-state index contributed by atoms with van der Waals surface area (Å²) < 4.78 is 12.6. The summed E-state index contributed by atoms with van der Waals surface area (Å²) in [5, 5.41) is 0.470. The van der Waals surface area contributed by atoms with E-state index >= 15 is 0 Å². The summed E-state index contributed by atoms with van der Waals surface area (Å²) in [5.41, 5.74) is 5.77. The number of rotatable bonds is 2. The van der Waals surface area contributed by atoms with Crippen molar-refractivity contribution in [2.45, 2.75) is 19.4 Å². The number of ether oxygens (including phenoxy) is 2. The summed E-state index contributed by atoms with van der Waals surface area (Å²) in [4.78, 5) is 41.9. The summed E-state index contributed by atoms with van der Waals surface area (Å²) in [7, 11) is 0. The van der Waals surface area contributed by atoms with Gasteiger partial charge in [0, 0.05) is 24.1 Å². The molecule has 0 radical (unpaired) electrons. The molecule has 30 heavy (non-hydrogen) atoms. The first kappa shape index (κ1) is 18.2. The summed E-state index contributed by atoms with van der Waals surface area (Å²) in [5.74, 6) is 0.796. The molecular formula is C21H18N4O5. The number of carbonyl (C=O) groups excluding carboxylic acids is 2. The van der Waals surface area contributed by atoms with E-state index in [0.717, 1.165) is 18.7 Å². The molecule has 0 atom stereocenters. The lowest BCUT2D eigenvalue weighted by Crippen LogP contribution is -2.41. The monoisotopic (exact) mass is 406 g/mol. The number of hydrogen-bond donors (Lipinski definition) is 2. The van der Waals surface area contributed by atoms with Crippen LogP contribution in [0.15, 0.2) is 41.2 Å². The van der Waals surface area contributed by atoms with Crippen molar-refractivity contribution < 1.29 is 19.1 Å². The maximum Gasteiger partial charge on any atom is 0.269 e. The third-order valence-corrected chi connectivity index (χ3v) is 5.17. The quantitative estimate of drug-likeness (QED) is 0.619. The fraction of sp³-hybridized carbons (Fsp3) is 0.238. The Kier molecular flexibility index (Phi) is 4.35. The zero-order chi connectivity index (χ0) is 20.7. The minimum absolute atomic E-state index is 0.0913. The Bertz CT molecular complexity index is 1250. The Labute approximate surface area is 170 Å². The third kappa shape index (κ3) is 3.14. The van der Waals surface area contributed by atoms with E-state index in [1.54, 1.807) is 41.0 Å². The molecule has 3 aromatic rings. The van der Waals surface area contributed by atoms with Crippen molar-refractivity contribution in [3.8, 4) is 11.5 Å². The van der Waals surface area contributed by atoms with E-state index < -0.39 is 11.8 Å². The van der Waals surface area contributed by atoms with Crippen LogP contribution in [0.1, 0.15) is 33.0 Å². The second-order valence-electron chi connectivity index (χ2n) is 7.09. The van der Waals surface area contributed by atoms with E-state index in [4.69, 9.17) is 9.47 Å². The normalized spacial score (nSPS) is 14.3. The second-order valence-corrected chi connectivity index (χ2v) is 7.09. The average Bonchev–Trinajstić information content (AvgIpc) is 3.25. The van der Waals surface area contributed by atoms with Crippen molar-refractivity contribution >= 4 is 22.7 Å². The van der Waals surface area contributed by atoms with Gasteiger partial charge in [0.15, 0.2) is 11.5 Å². The van der Waals surface area contributed by atoms with Gasteiger partial charge in [-0.3, -0.25) is 29.8 Å². The van der Waals surface area contributed by atoms with Gasteiger partial charge in [0.2, 0.25) is 0 Å². The smallest absolute Gasteiger partial charge is 0.269 e. The molecule has 9 heteroatoms. The molecule has 0 spiro atoms. The Morgan fingerprint density at radius 1 is 0.933 bits per heavy atom. The standard InChI is InChI=1S/C21H18N4O5/c26-19(23-24-20(27)13-4-6-16-17(11-13)30-9-8-29-16)12-3-5-14-15(10-12)22-18-2-1-7-25(18)21(14)28/h3-6,10-11H,1-2,7-9H2,(H,23,26)(H,24,27). The van der Waals surface area contributed by atoms with Crippen LogP contribution >= 0.6 is 0 Å². The lowest BCUT2D eigenvalue weighted by molar-refractivity contribution is 0.0846. The number of fused-ring (bicyclic) bond motifs is 3. The van der Waals surface area contributed by atoms with Crippen LogP contribution in [0.3, 0.4) is 0 Å². The topological polar surface area (TPSA) is 112 Å². The average molecular weight is 406 g/mol. The summed E-state index contributed by atoms with van der Waals surface area (Å²) in [6.45, 7) is 1.55. The van der Waals surface area contributed by atoms with Gasteiger partial charge in [-0.1, -0.05) is 0 Å². The van der Waals surface area contributed by atoms with E-state index in [1.165, 1.54) is 0 Å². The lowest BCUT2D eigenvalue weighted by Gasteiger charge is -2.18. The zero-order valence-electron chi connectivity index (χ0n) is 15.9. The fourth-order valence-electron chi connectivity index (χ4n) is 3.67. The summed E-state index contributed by atoms with van der Waals surface area (Å²) in [6, 6.07) is 9.48. The van der Waals surface area contributed by atoms with Gasteiger partial charge in [0.25, 0.3) is 17.4 Å². The number of carbonyl (C=O) groups is 2. The Hall–Kier alpha value is -3.88. The molecule has 2 aromatic carbocycles.